The summed E-state index contributed by atoms with van der Waals surface area (Å²) in [5.74, 6) is 0.894. The summed E-state index contributed by atoms with van der Waals surface area (Å²) in [4.78, 5) is 6.41. The van der Waals surface area contributed by atoms with Crippen molar-refractivity contribution in [3.63, 3.8) is 0 Å². The molecule has 0 aromatic carbocycles. The van der Waals surface area contributed by atoms with Gasteiger partial charge < -0.3 is 15.8 Å². The third kappa shape index (κ3) is 7.17. The molecular formula is C21H32ClFN4O. The maximum absolute atomic E-state index is 12.3. The summed E-state index contributed by atoms with van der Waals surface area (Å²) in [6, 6.07) is 2.07. The lowest BCUT2D eigenvalue weighted by Gasteiger charge is -2.27. The molecule has 5 nitrogen and oxygen atoms in total. The highest BCUT2D eigenvalue weighted by molar-refractivity contribution is 6.31. The number of nitrogen functional groups attached to an aromatic ring is 1. The Morgan fingerprint density at radius 2 is 2.21 bits per heavy atom. The molecule has 0 saturated carbocycles. The zero-order valence-corrected chi connectivity index (χ0v) is 18.2. The summed E-state index contributed by atoms with van der Waals surface area (Å²) in [5.41, 5.74) is 9.24. The molecule has 3 N–H and O–H groups in total. The van der Waals surface area contributed by atoms with Crippen molar-refractivity contribution in [3.05, 3.63) is 52.0 Å². The summed E-state index contributed by atoms with van der Waals surface area (Å²) < 4.78 is 17.6. The van der Waals surface area contributed by atoms with Gasteiger partial charge in [-0.2, -0.15) is 0 Å². The summed E-state index contributed by atoms with van der Waals surface area (Å²) in [7, 11) is 3.71. The number of rotatable bonds is 11. The SMILES string of the molecule is CC/C=C/c1ccnc(N)c1CN(C)C(C)/C(C)=C/C(Cl)=C(\NC)OCCF. The van der Waals surface area contributed by atoms with E-state index in [0.717, 1.165) is 23.1 Å². The Kier molecular flexibility index (Phi) is 10.6. The van der Waals surface area contributed by atoms with Gasteiger partial charge in [0.2, 0.25) is 5.88 Å². The number of nitrogens with one attached hydrogen (secondary N) is 1. The zero-order valence-electron chi connectivity index (χ0n) is 17.4. The largest absolute Gasteiger partial charge is 0.475 e. The van der Waals surface area contributed by atoms with Crippen LogP contribution in [0.3, 0.4) is 0 Å². The van der Waals surface area contributed by atoms with Crippen LogP contribution in [0.4, 0.5) is 10.2 Å². The number of allylic oxidation sites excluding steroid dienone is 3. The van der Waals surface area contributed by atoms with Crippen LogP contribution in [0.1, 0.15) is 38.3 Å². The number of likely N-dealkylation sites (N-methyl/N-ethyl adjacent to an activating group) is 1. The molecule has 1 rings (SSSR count). The van der Waals surface area contributed by atoms with Gasteiger partial charge in [-0.3, -0.25) is 4.90 Å². The van der Waals surface area contributed by atoms with Gasteiger partial charge in [-0.25, -0.2) is 9.37 Å². The van der Waals surface area contributed by atoms with E-state index in [9.17, 15) is 4.39 Å². The molecule has 0 spiro atoms. The topological polar surface area (TPSA) is 63.4 Å². The Morgan fingerprint density at radius 3 is 2.82 bits per heavy atom. The molecule has 156 valence electrons. The molecule has 0 aliphatic carbocycles. The number of alkyl halides is 1. The minimum Gasteiger partial charge on any atom is -0.475 e. The van der Waals surface area contributed by atoms with E-state index in [1.54, 1.807) is 13.2 Å². The van der Waals surface area contributed by atoms with Gasteiger partial charge in [-0.1, -0.05) is 36.2 Å². The van der Waals surface area contributed by atoms with E-state index in [4.69, 9.17) is 22.1 Å². The monoisotopic (exact) mass is 410 g/mol. The van der Waals surface area contributed by atoms with Crippen molar-refractivity contribution in [1.82, 2.24) is 15.2 Å². The van der Waals surface area contributed by atoms with Gasteiger partial charge in [0.05, 0.1) is 0 Å². The molecule has 1 aromatic heterocycles. The van der Waals surface area contributed by atoms with E-state index < -0.39 is 6.67 Å². The van der Waals surface area contributed by atoms with Crippen LogP contribution in [0.25, 0.3) is 6.08 Å². The van der Waals surface area contributed by atoms with Gasteiger partial charge in [-0.05, 0) is 45.0 Å². The molecule has 0 saturated heterocycles. The fourth-order valence-electron chi connectivity index (χ4n) is 2.62. The maximum atomic E-state index is 12.3. The Hall–Kier alpha value is -2.05. The average molecular weight is 411 g/mol. The molecule has 1 heterocycles. The molecule has 0 aliphatic rings. The number of aromatic nitrogens is 1. The second-order valence-corrected chi connectivity index (χ2v) is 6.93. The predicted molar refractivity (Wildman–Crippen MR) is 117 cm³/mol. The number of nitrogens with two attached hydrogens (primary N) is 1. The van der Waals surface area contributed by atoms with Crippen LogP contribution >= 0.6 is 11.6 Å². The van der Waals surface area contributed by atoms with Crippen molar-refractivity contribution in [3.8, 4) is 0 Å². The van der Waals surface area contributed by atoms with Crippen LogP contribution in [0, 0.1) is 0 Å². The Morgan fingerprint density at radius 1 is 1.50 bits per heavy atom. The minimum atomic E-state index is -0.571. The molecule has 0 bridgehead atoms. The van der Waals surface area contributed by atoms with Crippen molar-refractivity contribution in [2.45, 2.75) is 39.8 Å². The first kappa shape index (κ1) is 24.0. The molecule has 1 unspecified atom stereocenters. The first-order chi connectivity index (χ1) is 13.3. The number of hydrogen-bond donors (Lipinski definition) is 2. The lowest BCUT2D eigenvalue weighted by Crippen LogP contribution is -2.30. The first-order valence-electron chi connectivity index (χ1n) is 9.40. The van der Waals surface area contributed by atoms with E-state index >= 15 is 0 Å². The highest BCUT2D eigenvalue weighted by Gasteiger charge is 2.16. The van der Waals surface area contributed by atoms with Crippen molar-refractivity contribution in [2.24, 2.45) is 0 Å². The predicted octanol–water partition coefficient (Wildman–Crippen LogP) is 4.47. The highest BCUT2D eigenvalue weighted by Crippen LogP contribution is 2.22. The van der Waals surface area contributed by atoms with Crippen LogP contribution in [-0.4, -0.2) is 43.3 Å². The fourth-order valence-corrected chi connectivity index (χ4v) is 2.94. The zero-order chi connectivity index (χ0) is 21.1. The Labute approximate surface area is 173 Å². The van der Waals surface area contributed by atoms with Crippen LogP contribution in [0.2, 0.25) is 0 Å². The molecule has 0 aliphatic heterocycles. The maximum Gasteiger partial charge on any atom is 0.205 e. The van der Waals surface area contributed by atoms with Crippen molar-refractivity contribution in [1.29, 1.82) is 0 Å². The van der Waals surface area contributed by atoms with Gasteiger partial charge in [0.15, 0.2) is 0 Å². The molecule has 1 aromatic rings. The molecule has 0 fully saturated rings. The smallest absolute Gasteiger partial charge is 0.205 e. The molecular weight excluding hydrogens is 379 g/mol. The van der Waals surface area contributed by atoms with Crippen LogP contribution in [0.15, 0.2) is 40.9 Å². The quantitative estimate of drug-likeness (QED) is 0.416. The van der Waals surface area contributed by atoms with E-state index in [-0.39, 0.29) is 12.6 Å². The molecule has 0 radical (unpaired) electrons. The van der Waals surface area contributed by atoms with Crippen molar-refractivity contribution < 1.29 is 9.13 Å². The second kappa shape index (κ2) is 12.4. The third-order valence-electron chi connectivity index (χ3n) is 4.51. The van der Waals surface area contributed by atoms with E-state index in [1.807, 2.05) is 26.1 Å². The van der Waals surface area contributed by atoms with Crippen LogP contribution in [0.5, 0.6) is 0 Å². The average Bonchev–Trinajstić information content (AvgIpc) is 2.68. The lowest BCUT2D eigenvalue weighted by molar-refractivity contribution is 0.172. The number of pyridine rings is 1. The normalized spacial score (nSPS) is 14.4. The van der Waals surface area contributed by atoms with Gasteiger partial charge in [0.25, 0.3) is 0 Å². The van der Waals surface area contributed by atoms with Crippen LogP contribution in [-0.2, 0) is 11.3 Å². The summed E-state index contributed by atoms with van der Waals surface area (Å²) in [6.45, 7) is 6.22. The molecule has 28 heavy (non-hydrogen) atoms. The number of halogens is 2. The van der Waals surface area contributed by atoms with Gasteiger partial charge >= 0.3 is 0 Å². The summed E-state index contributed by atoms with van der Waals surface area (Å²) in [5, 5.41) is 3.26. The van der Waals surface area contributed by atoms with Crippen molar-refractivity contribution >= 4 is 23.5 Å². The second-order valence-electron chi connectivity index (χ2n) is 6.52. The molecule has 1 atom stereocenters. The van der Waals surface area contributed by atoms with E-state index in [1.165, 1.54) is 0 Å². The molecule has 7 heteroatoms. The lowest BCUT2D eigenvalue weighted by atomic mass is 10.0. The Balaban J connectivity index is 3.00. The third-order valence-corrected chi connectivity index (χ3v) is 4.79. The highest BCUT2D eigenvalue weighted by atomic mass is 35.5. The van der Waals surface area contributed by atoms with Crippen molar-refractivity contribution in [2.75, 3.05) is 33.1 Å². The summed E-state index contributed by atoms with van der Waals surface area (Å²) in [6.07, 6.45) is 8.70. The molecule has 0 amide bonds. The summed E-state index contributed by atoms with van der Waals surface area (Å²) >= 11 is 6.33. The number of nitrogens with zero attached hydrogens (tertiary/aromatic N) is 2. The minimum absolute atomic E-state index is 0.0386. The number of anilines is 1. The fraction of sp³-hybridized carbons (Fsp3) is 0.476. The standard InChI is InChI=1S/C21H32ClFN4O/c1-6-7-8-17-9-11-26-20(24)18(17)14-27(5)16(3)15(2)13-19(22)21(25-4)28-12-10-23/h7-9,11,13,16,25H,6,10,12,14H2,1-5H3,(H2,24,26)/b8-7+,15-13+,21-19-. The Bertz CT molecular complexity index is 718. The van der Waals surface area contributed by atoms with E-state index in [0.29, 0.717) is 23.3 Å². The number of hydrogen-bond acceptors (Lipinski definition) is 5. The van der Waals surface area contributed by atoms with Gasteiger partial charge in [0.1, 0.15) is 24.1 Å². The first-order valence-corrected chi connectivity index (χ1v) is 9.78. The van der Waals surface area contributed by atoms with Crippen LogP contribution < -0.4 is 11.1 Å². The number of ether oxygens (including phenoxy) is 1. The van der Waals surface area contributed by atoms with Gasteiger partial charge in [0, 0.05) is 31.4 Å². The van der Waals surface area contributed by atoms with Gasteiger partial charge in [-0.15, -0.1) is 0 Å². The van der Waals surface area contributed by atoms with E-state index in [2.05, 4.69) is 41.2 Å².